The van der Waals surface area contributed by atoms with Crippen molar-refractivity contribution in [2.75, 3.05) is 13.6 Å². The van der Waals surface area contributed by atoms with E-state index in [2.05, 4.69) is 9.98 Å². The number of rotatable bonds is 5. The van der Waals surface area contributed by atoms with Crippen molar-refractivity contribution in [3.63, 3.8) is 0 Å². The van der Waals surface area contributed by atoms with Crippen LogP contribution in [0.25, 0.3) is 17.3 Å². The Morgan fingerprint density at radius 3 is 2.64 bits per heavy atom. The van der Waals surface area contributed by atoms with E-state index in [1.165, 1.54) is 25.1 Å². The van der Waals surface area contributed by atoms with Crippen LogP contribution in [0.1, 0.15) is 24.5 Å². The number of aromatic nitrogens is 2. The molecule has 0 unspecified atom stereocenters. The number of fused-ring (bicyclic) bond motifs is 1. The smallest absolute Gasteiger partial charge is 0.416 e. The van der Waals surface area contributed by atoms with E-state index in [4.69, 9.17) is 12.2 Å². The molecular formula is C25H21F3N4O3S. The van der Waals surface area contributed by atoms with Crippen molar-refractivity contribution in [2.45, 2.75) is 19.5 Å². The predicted molar refractivity (Wildman–Crippen MR) is 130 cm³/mol. The van der Waals surface area contributed by atoms with Gasteiger partial charge in [-0.2, -0.15) is 13.2 Å². The molecule has 1 amide bonds. The molecule has 0 saturated carbocycles. The zero-order chi connectivity index (χ0) is 26.2. The summed E-state index contributed by atoms with van der Waals surface area (Å²) in [5.41, 5.74) is -0.794. The third-order valence-corrected chi connectivity index (χ3v) is 6.13. The van der Waals surface area contributed by atoms with Gasteiger partial charge in [-0.1, -0.05) is 24.3 Å². The number of amides is 1. The minimum atomic E-state index is -4.60. The molecule has 2 heterocycles. The van der Waals surface area contributed by atoms with Crippen LogP contribution in [0.15, 0.2) is 64.0 Å². The van der Waals surface area contributed by atoms with E-state index in [1.54, 1.807) is 18.0 Å². The highest BCUT2D eigenvalue weighted by molar-refractivity contribution is 7.71. The molecule has 7 nitrogen and oxygen atoms in total. The number of allylic oxidation sites excluding steroid dienone is 1. The summed E-state index contributed by atoms with van der Waals surface area (Å²) in [5, 5.41) is 12.5. The lowest BCUT2D eigenvalue weighted by atomic mass is 10.1. The largest absolute Gasteiger partial charge is 0.494 e. The predicted octanol–water partition coefficient (Wildman–Crippen LogP) is 3.31. The molecule has 1 aliphatic heterocycles. The second kappa shape index (κ2) is 9.57. The van der Waals surface area contributed by atoms with Crippen molar-refractivity contribution in [3.8, 4) is 11.6 Å². The molecule has 2 N–H and O–H groups in total. The number of H-pyrrole nitrogens is 1. The Kier molecular flexibility index (Phi) is 6.68. The van der Waals surface area contributed by atoms with Crippen LogP contribution in [0.2, 0.25) is 0 Å². The highest BCUT2D eigenvalue weighted by Crippen LogP contribution is 2.32. The van der Waals surface area contributed by atoms with Gasteiger partial charge < -0.3 is 10.0 Å². The quantitative estimate of drug-likeness (QED) is 0.512. The zero-order valence-electron chi connectivity index (χ0n) is 19.3. The van der Waals surface area contributed by atoms with Crippen LogP contribution in [0, 0.1) is 4.77 Å². The van der Waals surface area contributed by atoms with Gasteiger partial charge in [-0.15, -0.1) is 0 Å². The second-order valence-electron chi connectivity index (χ2n) is 8.21. The lowest BCUT2D eigenvalue weighted by Crippen LogP contribution is -2.27. The maximum Gasteiger partial charge on any atom is 0.416 e. The van der Waals surface area contributed by atoms with E-state index in [-0.39, 0.29) is 21.9 Å². The Morgan fingerprint density at radius 1 is 1.22 bits per heavy atom. The minimum Gasteiger partial charge on any atom is -0.494 e. The highest BCUT2D eigenvalue weighted by Gasteiger charge is 2.31. The summed E-state index contributed by atoms with van der Waals surface area (Å²) >= 11 is 5.14. The number of hydrogen-bond donors (Lipinski definition) is 2. The first kappa shape index (κ1) is 25.1. The molecule has 0 aliphatic carbocycles. The molecule has 186 valence electrons. The molecule has 2 aromatic carbocycles. The molecular weight excluding hydrogens is 493 g/mol. The Hall–Kier alpha value is -3.99. The van der Waals surface area contributed by atoms with Gasteiger partial charge >= 0.3 is 6.18 Å². The molecule has 0 fully saturated rings. The van der Waals surface area contributed by atoms with Crippen LogP contribution in [-0.2, 0) is 11.0 Å². The highest BCUT2D eigenvalue weighted by atomic mass is 32.1. The van der Waals surface area contributed by atoms with Crippen molar-refractivity contribution in [3.05, 3.63) is 91.1 Å². The average molecular weight is 515 g/mol. The molecule has 11 heteroatoms. The molecule has 0 spiro atoms. The van der Waals surface area contributed by atoms with Gasteiger partial charge in [0.2, 0.25) is 11.8 Å². The molecule has 36 heavy (non-hydrogen) atoms. The fraction of sp³-hybridized carbons (Fsp3) is 0.200. The van der Waals surface area contributed by atoms with Crippen LogP contribution in [0.5, 0.6) is 5.88 Å². The average Bonchev–Trinajstić information content (AvgIpc) is 3.16. The lowest BCUT2D eigenvalue weighted by Gasteiger charge is -2.16. The Morgan fingerprint density at radius 2 is 1.94 bits per heavy atom. The summed E-state index contributed by atoms with van der Waals surface area (Å²) in [4.78, 5) is 33.0. The van der Waals surface area contributed by atoms with Gasteiger partial charge in [0, 0.05) is 25.7 Å². The van der Waals surface area contributed by atoms with Crippen molar-refractivity contribution >= 4 is 29.8 Å². The van der Waals surface area contributed by atoms with Crippen LogP contribution < -0.4 is 16.1 Å². The maximum atomic E-state index is 13.2. The number of nitrogens with one attached hydrogen (secondary N) is 1. The third-order valence-electron chi connectivity index (χ3n) is 5.85. The topological polar surface area (TPSA) is 90.7 Å². The van der Waals surface area contributed by atoms with Crippen LogP contribution in [0.4, 0.5) is 13.2 Å². The van der Waals surface area contributed by atoms with E-state index in [9.17, 15) is 27.9 Å². The number of carbonyl (C=O) groups is 1. The molecule has 1 aromatic heterocycles. The van der Waals surface area contributed by atoms with Crippen molar-refractivity contribution < 1.29 is 23.1 Å². The van der Waals surface area contributed by atoms with E-state index >= 15 is 0 Å². The summed E-state index contributed by atoms with van der Waals surface area (Å²) in [5.74, 6) is -0.733. The summed E-state index contributed by atoms with van der Waals surface area (Å²) in [6, 6.07) is 11.6. The molecule has 3 aromatic rings. The summed E-state index contributed by atoms with van der Waals surface area (Å²) < 4.78 is 40.4. The fourth-order valence-corrected chi connectivity index (χ4v) is 4.13. The summed E-state index contributed by atoms with van der Waals surface area (Å²) in [6.07, 6.45) is -2.81. The van der Waals surface area contributed by atoms with Crippen LogP contribution >= 0.6 is 12.2 Å². The van der Waals surface area contributed by atoms with Gasteiger partial charge in [0.15, 0.2) is 4.77 Å². The van der Waals surface area contributed by atoms with Gasteiger partial charge in [0.1, 0.15) is 5.56 Å². The monoisotopic (exact) mass is 514 g/mol. The number of halogens is 3. The Bertz CT molecular complexity index is 1640. The molecule has 0 atom stereocenters. The summed E-state index contributed by atoms with van der Waals surface area (Å²) in [6.45, 7) is 1.85. The van der Waals surface area contributed by atoms with Crippen molar-refractivity contribution in [2.24, 2.45) is 4.99 Å². The van der Waals surface area contributed by atoms with E-state index in [0.29, 0.717) is 24.0 Å². The van der Waals surface area contributed by atoms with E-state index in [1.807, 2.05) is 18.2 Å². The van der Waals surface area contributed by atoms with Gasteiger partial charge in [-0.05, 0) is 54.6 Å². The minimum absolute atomic E-state index is 0.0674. The standard InChI is InChI=1S/C25H21F3N4O3S/c1-14(33)31(2)11-10-18-17-8-3-4-9-20(17)29-21(18)13-19-22(34)30-24(36)32(23(19)35)16-7-5-6-15(12-16)25(26,27)28/h3-9,12-13,35H,10-11H2,1-2H3,(H,30,34,36)/b21-13-. The van der Waals surface area contributed by atoms with Crippen molar-refractivity contribution in [1.29, 1.82) is 0 Å². The van der Waals surface area contributed by atoms with Gasteiger partial charge in [0.05, 0.1) is 22.3 Å². The summed E-state index contributed by atoms with van der Waals surface area (Å²) in [7, 11) is 1.67. The normalized spacial score (nSPS) is 14.0. The zero-order valence-corrected chi connectivity index (χ0v) is 20.1. The number of aromatic hydroxyl groups is 1. The van der Waals surface area contributed by atoms with E-state index in [0.717, 1.165) is 27.5 Å². The number of carbonyl (C=O) groups excluding carboxylic acids is 1. The third kappa shape index (κ3) is 4.87. The first-order valence-corrected chi connectivity index (χ1v) is 11.2. The number of benzene rings is 2. The first-order valence-electron chi connectivity index (χ1n) is 10.8. The number of para-hydroxylation sites is 1. The van der Waals surface area contributed by atoms with Crippen LogP contribution in [0.3, 0.4) is 0 Å². The molecule has 0 radical (unpaired) electrons. The first-order chi connectivity index (χ1) is 17.0. The maximum absolute atomic E-state index is 13.2. The van der Waals surface area contributed by atoms with Crippen LogP contribution in [-0.4, -0.2) is 39.1 Å². The lowest BCUT2D eigenvalue weighted by molar-refractivity contribution is -0.137. The SMILES string of the molecule is CC(=O)N(C)CCC1=c2ccccc2=N/C1=C\c1c(O)n(-c2cccc(C(F)(F)F)c2)c(=S)[nH]c1=O. The fourth-order valence-electron chi connectivity index (χ4n) is 3.85. The number of alkyl halides is 3. The second-order valence-corrected chi connectivity index (χ2v) is 8.59. The number of hydrogen-bond acceptors (Lipinski definition) is 5. The van der Waals surface area contributed by atoms with Gasteiger partial charge in [-0.3, -0.25) is 19.1 Å². The van der Waals surface area contributed by atoms with Gasteiger partial charge in [-0.25, -0.2) is 4.99 Å². The molecule has 1 aliphatic rings. The van der Waals surface area contributed by atoms with Crippen molar-refractivity contribution in [1.82, 2.24) is 14.5 Å². The molecule has 0 saturated heterocycles. The molecule has 4 rings (SSSR count). The Balaban J connectivity index is 1.87. The number of nitrogens with zero attached hydrogens (tertiary/aromatic N) is 3. The number of aromatic amines is 1. The Labute approximate surface area is 208 Å². The molecule has 0 bridgehead atoms. The van der Waals surface area contributed by atoms with Gasteiger partial charge in [0.25, 0.3) is 5.56 Å². The van der Waals surface area contributed by atoms with E-state index < -0.39 is 23.2 Å².